The fourth-order valence-electron chi connectivity index (χ4n) is 3.33. The van der Waals surface area contributed by atoms with Crippen molar-refractivity contribution in [2.75, 3.05) is 10.0 Å². The molecule has 3 N–H and O–H groups in total. The van der Waals surface area contributed by atoms with Crippen LogP contribution in [0.15, 0.2) is 76.5 Å². The maximum Gasteiger partial charge on any atom is 0.262 e. The summed E-state index contributed by atoms with van der Waals surface area (Å²) in [7, 11) is -7.42. The Kier molecular flexibility index (Phi) is 6.48. The molecule has 0 aromatic heterocycles. The number of anilines is 2. The summed E-state index contributed by atoms with van der Waals surface area (Å²) < 4.78 is 55.5. The predicted octanol–water partition coefficient (Wildman–Crippen LogP) is 3.80. The van der Waals surface area contributed by atoms with Crippen molar-refractivity contribution in [3.8, 4) is 0 Å². The second-order valence-electron chi connectivity index (χ2n) is 8.33. The monoisotopic (exact) mass is 499 g/mol. The van der Waals surface area contributed by atoms with E-state index in [1.165, 1.54) is 36.4 Å². The highest BCUT2D eigenvalue weighted by atomic mass is 32.2. The molecule has 34 heavy (non-hydrogen) atoms. The Labute approximate surface area is 199 Å². The first-order valence-corrected chi connectivity index (χ1v) is 13.6. The first kappa shape index (κ1) is 23.9. The van der Waals surface area contributed by atoms with Gasteiger partial charge >= 0.3 is 0 Å². The number of carbonyl (C=O) groups excluding carboxylic acids is 1. The van der Waals surface area contributed by atoms with Crippen LogP contribution in [-0.2, 0) is 20.0 Å². The number of aryl methyl sites for hydroxylation is 2. The Hall–Kier alpha value is -3.21. The third kappa shape index (κ3) is 5.64. The average Bonchev–Trinajstić information content (AvgIpc) is 3.59. The van der Waals surface area contributed by atoms with Crippen LogP contribution in [0.5, 0.6) is 0 Å². The minimum absolute atomic E-state index is 0.0194. The number of sulfonamides is 2. The van der Waals surface area contributed by atoms with Crippen LogP contribution in [-0.4, -0.2) is 28.8 Å². The molecule has 8 nitrogen and oxygen atoms in total. The first-order chi connectivity index (χ1) is 16.0. The zero-order chi connectivity index (χ0) is 24.5. The second-order valence-corrected chi connectivity index (χ2v) is 11.7. The van der Waals surface area contributed by atoms with Crippen LogP contribution in [0.25, 0.3) is 0 Å². The van der Waals surface area contributed by atoms with Crippen molar-refractivity contribution in [1.29, 1.82) is 0 Å². The smallest absolute Gasteiger partial charge is 0.262 e. The van der Waals surface area contributed by atoms with Crippen LogP contribution in [0.3, 0.4) is 0 Å². The highest BCUT2D eigenvalue weighted by Crippen LogP contribution is 2.24. The molecule has 1 saturated carbocycles. The third-order valence-electron chi connectivity index (χ3n) is 5.33. The SMILES string of the molecule is Cc1ccc(C)c(S(=O)(=O)Nc2ccc(C(=O)Nc3cccc(S(=O)(=O)NC4CC4)c3)cc2)c1. The summed E-state index contributed by atoms with van der Waals surface area (Å²) in [5.74, 6) is -0.450. The third-order valence-corrected chi connectivity index (χ3v) is 8.38. The molecule has 10 heteroatoms. The van der Waals surface area contributed by atoms with E-state index in [-0.39, 0.29) is 15.8 Å². The summed E-state index contributed by atoms with van der Waals surface area (Å²) in [4.78, 5) is 12.9. The van der Waals surface area contributed by atoms with Crippen LogP contribution >= 0.6 is 0 Å². The van der Waals surface area contributed by atoms with E-state index >= 15 is 0 Å². The van der Waals surface area contributed by atoms with E-state index in [1.807, 2.05) is 13.0 Å². The van der Waals surface area contributed by atoms with Gasteiger partial charge in [-0.2, -0.15) is 0 Å². The van der Waals surface area contributed by atoms with E-state index in [2.05, 4.69) is 14.8 Å². The molecule has 3 aromatic rings. The molecule has 0 bridgehead atoms. The van der Waals surface area contributed by atoms with E-state index in [1.54, 1.807) is 31.2 Å². The van der Waals surface area contributed by atoms with Crippen LogP contribution in [0, 0.1) is 13.8 Å². The number of rotatable bonds is 8. The van der Waals surface area contributed by atoms with Gasteiger partial charge in [0.15, 0.2) is 0 Å². The van der Waals surface area contributed by atoms with Crippen molar-refractivity contribution in [1.82, 2.24) is 4.72 Å². The summed E-state index contributed by atoms with van der Waals surface area (Å²) in [5, 5.41) is 2.68. The average molecular weight is 500 g/mol. The van der Waals surface area contributed by atoms with Gasteiger partial charge in [0.1, 0.15) is 0 Å². The molecule has 0 heterocycles. The lowest BCUT2D eigenvalue weighted by molar-refractivity contribution is 0.102. The number of benzene rings is 3. The lowest BCUT2D eigenvalue weighted by Gasteiger charge is -2.12. The number of hydrogen-bond acceptors (Lipinski definition) is 5. The van der Waals surface area contributed by atoms with Crippen molar-refractivity contribution < 1.29 is 21.6 Å². The van der Waals surface area contributed by atoms with Crippen molar-refractivity contribution in [2.24, 2.45) is 0 Å². The summed E-state index contributed by atoms with van der Waals surface area (Å²) in [6.07, 6.45) is 1.65. The molecule has 1 aliphatic carbocycles. The van der Waals surface area contributed by atoms with E-state index in [0.29, 0.717) is 22.5 Å². The van der Waals surface area contributed by atoms with Crippen LogP contribution < -0.4 is 14.8 Å². The van der Waals surface area contributed by atoms with Crippen LogP contribution in [0.4, 0.5) is 11.4 Å². The van der Waals surface area contributed by atoms with Crippen molar-refractivity contribution in [3.05, 3.63) is 83.4 Å². The van der Waals surface area contributed by atoms with Gasteiger partial charge in [0.2, 0.25) is 10.0 Å². The number of nitrogens with one attached hydrogen (secondary N) is 3. The maximum absolute atomic E-state index is 12.8. The molecule has 4 rings (SSSR count). The summed E-state index contributed by atoms with van der Waals surface area (Å²) in [6.45, 7) is 3.55. The Bertz CT molecular complexity index is 1450. The van der Waals surface area contributed by atoms with Gasteiger partial charge in [0.25, 0.3) is 15.9 Å². The van der Waals surface area contributed by atoms with E-state index in [0.717, 1.165) is 18.4 Å². The normalized spacial score (nSPS) is 13.9. The molecule has 1 aliphatic rings. The standard InChI is InChI=1S/C24H25N3O5S2/c1-16-6-7-17(2)23(14-16)34(31,32)27-19-10-8-18(9-11-19)24(28)25-21-4-3-5-22(15-21)33(29,30)26-20-12-13-20/h3-11,14-15,20,26-27H,12-13H2,1-2H3,(H,25,28). The molecule has 0 unspecified atom stereocenters. The number of hydrogen-bond donors (Lipinski definition) is 3. The molecule has 178 valence electrons. The molecule has 3 aromatic carbocycles. The van der Waals surface area contributed by atoms with E-state index in [9.17, 15) is 21.6 Å². The molecule has 0 aliphatic heterocycles. The largest absolute Gasteiger partial charge is 0.322 e. The number of amides is 1. The van der Waals surface area contributed by atoms with Gasteiger partial charge < -0.3 is 5.32 Å². The van der Waals surface area contributed by atoms with Crippen molar-refractivity contribution in [2.45, 2.75) is 42.5 Å². The maximum atomic E-state index is 12.8. The Morgan fingerprint density at radius 1 is 0.824 bits per heavy atom. The van der Waals surface area contributed by atoms with E-state index < -0.39 is 26.0 Å². The predicted molar refractivity (Wildman–Crippen MR) is 131 cm³/mol. The van der Waals surface area contributed by atoms with Gasteiger partial charge in [-0.15, -0.1) is 0 Å². The molecule has 0 saturated heterocycles. The molecule has 0 spiro atoms. The zero-order valence-corrected chi connectivity index (χ0v) is 20.3. The van der Waals surface area contributed by atoms with Gasteiger partial charge in [-0.25, -0.2) is 21.6 Å². The fourth-order valence-corrected chi connectivity index (χ4v) is 6.07. The molecule has 1 fully saturated rings. The first-order valence-electron chi connectivity index (χ1n) is 10.7. The van der Waals surface area contributed by atoms with Gasteiger partial charge in [-0.3, -0.25) is 9.52 Å². The lowest BCUT2D eigenvalue weighted by atomic mass is 10.2. The number of carbonyl (C=O) groups is 1. The topological polar surface area (TPSA) is 121 Å². The van der Waals surface area contributed by atoms with Crippen LogP contribution in [0.2, 0.25) is 0 Å². The lowest BCUT2D eigenvalue weighted by Crippen LogP contribution is -2.25. The summed E-state index contributed by atoms with van der Waals surface area (Å²) in [6, 6.07) is 17.2. The fraction of sp³-hybridized carbons (Fsp3) is 0.208. The minimum Gasteiger partial charge on any atom is -0.322 e. The van der Waals surface area contributed by atoms with Gasteiger partial charge in [-0.1, -0.05) is 18.2 Å². The Balaban J connectivity index is 1.45. The van der Waals surface area contributed by atoms with Gasteiger partial charge in [-0.05, 0) is 86.3 Å². The molecular weight excluding hydrogens is 474 g/mol. The summed E-state index contributed by atoms with van der Waals surface area (Å²) >= 11 is 0. The quantitative estimate of drug-likeness (QED) is 0.435. The highest BCUT2D eigenvalue weighted by Gasteiger charge is 2.28. The van der Waals surface area contributed by atoms with Gasteiger partial charge in [0, 0.05) is 23.0 Å². The Morgan fingerprint density at radius 2 is 1.53 bits per heavy atom. The Morgan fingerprint density at radius 3 is 2.21 bits per heavy atom. The highest BCUT2D eigenvalue weighted by molar-refractivity contribution is 7.92. The summed E-state index contributed by atoms with van der Waals surface area (Å²) in [5.41, 5.74) is 2.41. The van der Waals surface area contributed by atoms with Crippen molar-refractivity contribution >= 4 is 37.3 Å². The molecule has 0 atom stereocenters. The van der Waals surface area contributed by atoms with Gasteiger partial charge in [0.05, 0.1) is 9.79 Å². The van der Waals surface area contributed by atoms with Crippen molar-refractivity contribution in [3.63, 3.8) is 0 Å². The molecule has 0 radical (unpaired) electrons. The van der Waals surface area contributed by atoms with Crippen LogP contribution in [0.1, 0.15) is 34.3 Å². The zero-order valence-electron chi connectivity index (χ0n) is 18.7. The second kappa shape index (κ2) is 9.21. The van der Waals surface area contributed by atoms with E-state index in [4.69, 9.17) is 0 Å². The minimum atomic E-state index is -3.78. The molecule has 1 amide bonds. The molecular formula is C24H25N3O5S2.